The van der Waals surface area contributed by atoms with E-state index in [0.29, 0.717) is 0 Å². The molecule has 0 spiro atoms. The van der Waals surface area contributed by atoms with Crippen molar-refractivity contribution in [1.29, 1.82) is 0 Å². The molecule has 31 heavy (non-hydrogen) atoms. The van der Waals surface area contributed by atoms with Crippen LogP contribution in [0.15, 0.2) is 95.2 Å². The summed E-state index contributed by atoms with van der Waals surface area (Å²) >= 11 is 0. The minimum absolute atomic E-state index is 0.0810. The van der Waals surface area contributed by atoms with E-state index in [1.807, 2.05) is 19.1 Å². The Hall–Kier alpha value is -2.93. The zero-order chi connectivity index (χ0) is 23.3. The number of ketones is 1. The summed E-state index contributed by atoms with van der Waals surface area (Å²) in [5.74, 6) is 0.261. The molecular weight excluding hydrogens is 376 g/mol. The fourth-order valence-electron chi connectivity index (χ4n) is 4.13. The Morgan fingerprint density at radius 2 is 1.68 bits per heavy atom. The van der Waals surface area contributed by atoms with Crippen molar-refractivity contribution in [3.8, 4) is 0 Å². The molecule has 0 aromatic heterocycles. The number of carbonyl (C=O) groups is 1. The van der Waals surface area contributed by atoms with Gasteiger partial charge in [-0.15, -0.1) is 0 Å². The maximum absolute atomic E-state index is 12.6. The normalized spacial score (nSPS) is 18.0. The highest BCUT2D eigenvalue weighted by Crippen LogP contribution is 2.33. The quantitative estimate of drug-likeness (QED) is 0.250. The van der Waals surface area contributed by atoms with Crippen molar-refractivity contribution in [3.05, 3.63) is 112 Å². The molecule has 1 nitrogen and oxygen atoms in total. The van der Waals surface area contributed by atoms with Crippen LogP contribution in [0.4, 0.5) is 0 Å². The predicted octanol–water partition coefficient (Wildman–Crippen LogP) is 8.19. The monoisotopic (exact) mass is 412 g/mol. The Balaban J connectivity index is 2.40. The molecular formula is C30H36O. The average molecular weight is 413 g/mol. The molecule has 1 atom stereocenters. The van der Waals surface area contributed by atoms with Crippen LogP contribution in [0.25, 0.3) is 5.57 Å². The highest BCUT2D eigenvalue weighted by atomic mass is 16.1. The summed E-state index contributed by atoms with van der Waals surface area (Å²) in [6.45, 7) is 22.8. The number of carbonyl (C=O) groups excluding carboxylic acids is 1. The molecule has 1 aliphatic rings. The Kier molecular flexibility index (Phi) is 8.16. The second kappa shape index (κ2) is 10.4. The third kappa shape index (κ3) is 5.82. The SMILES string of the molecule is C=C1C=CC(C)=CC1C(=C)CC(C)=C(C)C(=C\C)/C=C(\C(C)=O)c1c(C)cccc1C. The van der Waals surface area contributed by atoms with Crippen LogP contribution in [0.1, 0.15) is 57.7 Å². The lowest BCUT2D eigenvalue weighted by molar-refractivity contribution is -0.111. The van der Waals surface area contributed by atoms with Gasteiger partial charge < -0.3 is 0 Å². The summed E-state index contributed by atoms with van der Waals surface area (Å²) < 4.78 is 0. The van der Waals surface area contributed by atoms with E-state index in [1.165, 1.54) is 16.7 Å². The molecule has 0 radical (unpaired) electrons. The molecule has 0 amide bonds. The molecule has 1 heteroatoms. The standard InChI is InChI=1S/C30H36O/c1-10-27(18-29(26(9)31)30-21(4)12-11-13-22(30)5)25(8)23(6)17-24(7)28-16-19(2)14-15-20(28)3/h10-16,18,28H,3,7,17H2,1-2,4-6,8-9H3/b25-23?,27-10-,29-18+. The lowest BCUT2D eigenvalue weighted by Gasteiger charge is -2.22. The van der Waals surface area contributed by atoms with Crippen molar-refractivity contribution in [2.24, 2.45) is 5.92 Å². The lowest BCUT2D eigenvalue weighted by Crippen LogP contribution is -2.07. The van der Waals surface area contributed by atoms with Gasteiger partial charge in [-0.05, 0) is 94.4 Å². The van der Waals surface area contributed by atoms with Crippen LogP contribution >= 0.6 is 0 Å². The van der Waals surface area contributed by atoms with Crippen LogP contribution in [0.5, 0.6) is 0 Å². The van der Waals surface area contributed by atoms with Gasteiger partial charge in [0.15, 0.2) is 5.78 Å². The number of hydrogen-bond donors (Lipinski definition) is 0. The van der Waals surface area contributed by atoms with E-state index in [2.05, 4.69) is 84.2 Å². The van der Waals surface area contributed by atoms with Gasteiger partial charge in [0.05, 0.1) is 0 Å². The summed E-state index contributed by atoms with van der Waals surface area (Å²) in [6.07, 6.45) is 11.4. The second-order valence-electron chi connectivity index (χ2n) is 8.66. The number of aryl methyl sites for hydroxylation is 2. The van der Waals surface area contributed by atoms with Crippen molar-refractivity contribution in [2.45, 2.75) is 54.9 Å². The molecule has 2 rings (SSSR count). The fourth-order valence-corrected chi connectivity index (χ4v) is 4.13. The first-order valence-electron chi connectivity index (χ1n) is 10.9. The van der Waals surface area contributed by atoms with Crippen LogP contribution in [0, 0.1) is 19.8 Å². The van der Waals surface area contributed by atoms with Gasteiger partial charge in [-0.1, -0.05) is 72.4 Å². The van der Waals surface area contributed by atoms with E-state index in [0.717, 1.165) is 45.4 Å². The number of hydrogen-bond acceptors (Lipinski definition) is 1. The summed E-state index contributed by atoms with van der Waals surface area (Å²) in [7, 11) is 0. The van der Waals surface area contributed by atoms with E-state index in [1.54, 1.807) is 6.92 Å². The highest BCUT2D eigenvalue weighted by Gasteiger charge is 2.17. The predicted molar refractivity (Wildman–Crippen MR) is 136 cm³/mol. The molecule has 1 aliphatic carbocycles. The fraction of sp³-hybridized carbons (Fsp3) is 0.300. The number of allylic oxidation sites excluding steroid dienone is 12. The topological polar surface area (TPSA) is 17.1 Å². The van der Waals surface area contributed by atoms with Gasteiger partial charge >= 0.3 is 0 Å². The highest BCUT2D eigenvalue weighted by molar-refractivity contribution is 6.21. The van der Waals surface area contributed by atoms with Gasteiger partial charge in [-0.25, -0.2) is 0 Å². The van der Waals surface area contributed by atoms with Crippen molar-refractivity contribution in [2.75, 3.05) is 0 Å². The van der Waals surface area contributed by atoms with E-state index in [9.17, 15) is 4.79 Å². The summed E-state index contributed by atoms with van der Waals surface area (Å²) in [5.41, 5.74) is 11.0. The van der Waals surface area contributed by atoms with E-state index >= 15 is 0 Å². The van der Waals surface area contributed by atoms with Crippen LogP contribution in [-0.4, -0.2) is 5.78 Å². The number of rotatable bonds is 7. The molecule has 1 aromatic carbocycles. The van der Waals surface area contributed by atoms with Crippen LogP contribution < -0.4 is 0 Å². The van der Waals surface area contributed by atoms with Gasteiger partial charge in [0, 0.05) is 11.5 Å². The Morgan fingerprint density at radius 1 is 1.06 bits per heavy atom. The third-order valence-electron chi connectivity index (χ3n) is 6.14. The van der Waals surface area contributed by atoms with Gasteiger partial charge in [-0.2, -0.15) is 0 Å². The number of Topliss-reactive ketones (excluding diaryl/α,β-unsaturated/α-hetero) is 1. The van der Waals surface area contributed by atoms with Crippen molar-refractivity contribution >= 4 is 11.4 Å². The summed E-state index contributed by atoms with van der Waals surface area (Å²) in [6, 6.07) is 6.16. The molecule has 0 fully saturated rings. The van der Waals surface area contributed by atoms with Crippen LogP contribution in [-0.2, 0) is 4.79 Å². The average Bonchev–Trinajstić information content (AvgIpc) is 2.71. The lowest BCUT2D eigenvalue weighted by atomic mass is 9.83. The van der Waals surface area contributed by atoms with E-state index in [-0.39, 0.29) is 11.7 Å². The van der Waals surface area contributed by atoms with Crippen molar-refractivity contribution in [3.63, 3.8) is 0 Å². The molecule has 0 bridgehead atoms. The van der Waals surface area contributed by atoms with E-state index < -0.39 is 0 Å². The van der Waals surface area contributed by atoms with Gasteiger partial charge in [-0.3, -0.25) is 4.79 Å². The molecule has 0 N–H and O–H groups in total. The minimum Gasteiger partial charge on any atom is -0.294 e. The van der Waals surface area contributed by atoms with Crippen LogP contribution in [0.2, 0.25) is 0 Å². The molecule has 162 valence electrons. The molecule has 0 saturated carbocycles. The second-order valence-corrected chi connectivity index (χ2v) is 8.66. The maximum Gasteiger partial charge on any atom is 0.160 e. The molecule has 0 saturated heterocycles. The van der Waals surface area contributed by atoms with Crippen molar-refractivity contribution < 1.29 is 4.79 Å². The third-order valence-corrected chi connectivity index (χ3v) is 6.14. The molecule has 1 unspecified atom stereocenters. The summed E-state index contributed by atoms with van der Waals surface area (Å²) in [4.78, 5) is 12.6. The van der Waals surface area contributed by atoms with E-state index in [4.69, 9.17) is 0 Å². The summed E-state index contributed by atoms with van der Waals surface area (Å²) in [5, 5.41) is 0. The van der Waals surface area contributed by atoms with Gasteiger partial charge in [0.25, 0.3) is 0 Å². The zero-order valence-corrected chi connectivity index (χ0v) is 20.2. The maximum atomic E-state index is 12.6. The first kappa shape index (κ1) is 24.3. The Labute approximate surface area is 189 Å². The number of benzene rings is 1. The molecule has 0 heterocycles. The molecule has 0 aliphatic heterocycles. The first-order chi connectivity index (χ1) is 14.6. The minimum atomic E-state index is 0.0810. The van der Waals surface area contributed by atoms with Crippen LogP contribution in [0.3, 0.4) is 0 Å². The van der Waals surface area contributed by atoms with Crippen molar-refractivity contribution in [1.82, 2.24) is 0 Å². The Morgan fingerprint density at radius 3 is 2.23 bits per heavy atom. The van der Waals surface area contributed by atoms with Gasteiger partial charge in [0.2, 0.25) is 0 Å². The van der Waals surface area contributed by atoms with Gasteiger partial charge in [0.1, 0.15) is 0 Å². The molecule has 1 aromatic rings. The first-order valence-corrected chi connectivity index (χ1v) is 10.9. The smallest absolute Gasteiger partial charge is 0.160 e. The zero-order valence-electron chi connectivity index (χ0n) is 20.2. The Bertz CT molecular complexity index is 1040. The largest absolute Gasteiger partial charge is 0.294 e.